The summed E-state index contributed by atoms with van der Waals surface area (Å²) in [6, 6.07) is 2.95. The van der Waals surface area contributed by atoms with Gasteiger partial charge in [0.1, 0.15) is 0 Å². The van der Waals surface area contributed by atoms with Crippen molar-refractivity contribution in [1.29, 1.82) is 0 Å². The van der Waals surface area contributed by atoms with Gasteiger partial charge in [-0.3, -0.25) is 4.90 Å². The highest BCUT2D eigenvalue weighted by Gasteiger charge is 2.35. The lowest BCUT2D eigenvalue weighted by molar-refractivity contribution is 0.230. The average molecular weight is 252 g/mol. The first-order chi connectivity index (χ1) is 8.17. The van der Waals surface area contributed by atoms with E-state index in [0.29, 0.717) is 12.0 Å². The van der Waals surface area contributed by atoms with Crippen molar-refractivity contribution in [3.8, 4) is 0 Å². The summed E-state index contributed by atoms with van der Waals surface area (Å²) < 4.78 is 0. The van der Waals surface area contributed by atoms with Gasteiger partial charge in [0.25, 0.3) is 0 Å². The summed E-state index contributed by atoms with van der Waals surface area (Å²) in [5.74, 6) is 0.647. The molecule has 1 fully saturated rings. The van der Waals surface area contributed by atoms with Crippen LogP contribution in [0.25, 0.3) is 0 Å². The molecule has 3 heteroatoms. The van der Waals surface area contributed by atoms with Gasteiger partial charge in [-0.2, -0.15) is 0 Å². The number of hydrogen-bond donors (Lipinski definition) is 1. The van der Waals surface area contributed by atoms with Crippen LogP contribution in [0.5, 0.6) is 0 Å². The maximum atomic E-state index is 5.95. The summed E-state index contributed by atoms with van der Waals surface area (Å²) >= 11 is 1.92. The zero-order valence-electron chi connectivity index (χ0n) is 11.2. The summed E-state index contributed by atoms with van der Waals surface area (Å²) in [5.41, 5.74) is 7.49. The van der Waals surface area contributed by atoms with Crippen LogP contribution < -0.4 is 5.73 Å². The Morgan fingerprint density at radius 2 is 2.24 bits per heavy atom. The minimum Gasteiger partial charge on any atom is -0.330 e. The van der Waals surface area contributed by atoms with Gasteiger partial charge in [0.2, 0.25) is 0 Å². The first-order valence-electron chi connectivity index (χ1n) is 6.68. The Balaban J connectivity index is 2.27. The number of aryl methyl sites for hydroxylation is 2. The van der Waals surface area contributed by atoms with E-state index in [9.17, 15) is 0 Å². The molecule has 0 bridgehead atoms. The van der Waals surface area contributed by atoms with Crippen LogP contribution in [0.15, 0.2) is 6.07 Å². The van der Waals surface area contributed by atoms with Gasteiger partial charge in [-0.25, -0.2) is 0 Å². The van der Waals surface area contributed by atoms with Gasteiger partial charge in [0, 0.05) is 15.8 Å². The number of rotatable bonds is 4. The van der Waals surface area contributed by atoms with Crippen LogP contribution in [0.3, 0.4) is 0 Å². The number of hydrogen-bond acceptors (Lipinski definition) is 3. The first-order valence-corrected chi connectivity index (χ1v) is 7.50. The van der Waals surface area contributed by atoms with Gasteiger partial charge in [-0.05, 0) is 63.9 Å². The Morgan fingerprint density at radius 3 is 2.76 bits per heavy atom. The van der Waals surface area contributed by atoms with E-state index >= 15 is 0 Å². The van der Waals surface area contributed by atoms with Gasteiger partial charge in [0.15, 0.2) is 0 Å². The molecule has 1 aliphatic heterocycles. The van der Waals surface area contributed by atoms with Crippen LogP contribution in [-0.2, 0) is 0 Å². The van der Waals surface area contributed by atoms with Crippen molar-refractivity contribution in [2.75, 3.05) is 19.6 Å². The first kappa shape index (κ1) is 13.1. The maximum Gasteiger partial charge on any atom is 0.0399 e. The van der Waals surface area contributed by atoms with Crippen molar-refractivity contribution in [2.45, 2.75) is 39.7 Å². The molecule has 1 aromatic rings. The average Bonchev–Trinajstić information content (AvgIpc) is 2.82. The number of nitrogens with two attached hydrogens (primary N) is 1. The van der Waals surface area contributed by atoms with Gasteiger partial charge < -0.3 is 5.73 Å². The minimum atomic E-state index is 0.574. The van der Waals surface area contributed by atoms with Gasteiger partial charge in [-0.1, -0.05) is 6.92 Å². The Kier molecular flexibility index (Phi) is 4.23. The normalized spacial score (nSPS) is 25.6. The molecule has 0 saturated carbocycles. The molecule has 17 heavy (non-hydrogen) atoms. The van der Waals surface area contributed by atoms with E-state index in [1.165, 1.54) is 41.2 Å². The van der Waals surface area contributed by atoms with E-state index in [-0.39, 0.29) is 0 Å². The maximum absolute atomic E-state index is 5.95. The van der Waals surface area contributed by atoms with E-state index in [1.807, 2.05) is 11.3 Å². The second-order valence-corrected chi connectivity index (χ2v) is 6.59. The predicted molar refractivity (Wildman–Crippen MR) is 75.6 cm³/mol. The SMILES string of the molecule is CCCN1CCC(CN)C1c1cc(C)sc1C. The molecule has 0 amide bonds. The highest BCUT2D eigenvalue weighted by atomic mass is 32.1. The van der Waals surface area contributed by atoms with Crippen molar-refractivity contribution >= 4 is 11.3 Å². The third kappa shape index (κ3) is 2.56. The molecule has 2 nitrogen and oxygen atoms in total. The quantitative estimate of drug-likeness (QED) is 0.892. The van der Waals surface area contributed by atoms with E-state index in [2.05, 4.69) is 31.7 Å². The number of thiophene rings is 1. The van der Waals surface area contributed by atoms with Gasteiger partial charge in [0.05, 0.1) is 0 Å². The Hall–Kier alpha value is -0.380. The van der Waals surface area contributed by atoms with E-state index in [0.717, 1.165) is 6.54 Å². The zero-order chi connectivity index (χ0) is 12.4. The Labute approximate surface area is 109 Å². The third-order valence-corrected chi connectivity index (χ3v) is 4.82. The predicted octanol–water partition coefficient (Wildman–Crippen LogP) is 3.10. The largest absolute Gasteiger partial charge is 0.330 e. The van der Waals surface area contributed by atoms with Gasteiger partial charge in [-0.15, -0.1) is 11.3 Å². The second kappa shape index (κ2) is 5.51. The van der Waals surface area contributed by atoms with Crippen LogP contribution >= 0.6 is 11.3 Å². The standard InChI is InChI=1S/C14H24N2S/c1-4-6-16-7-5-12(9-15)14(16)13-8-10(2)17-11(13)3/h8,12,14H,4-7,9,15H2,1-3H3. The molecular formula is C14H24N2S. The second-order valence-electron chi connectivity index (χ2n) is 5.13. The van der Waals surface area contributed by atoms with Crippen molar-refractivity contribution in [3.63, 3.8) is 0 Å². The number of nitrogens with zero attached hydrogens (tertiary/aromatic N) is 1. The van der Waals surface area contributed by atoms with Crippen molar-refractivity contribution in [1.82, 2.24) is 4.90 Å². The lowest BCUT2D eigenvalue weighted by atomic mass is 9.94. The third-order valence-electron chi connectivity index (χ3n) is 3.84. The van der Waals surface area contributed by atoms with Crippen molar-refractivity contribution in [2.24, 2.45) is 11.7 Å². The van der Waals surface area contributed by atoms with Crippen LogP contribution in [-0.4, -0.2) is 24.5 Å². The fraction of sp³-hybridized carbons (Fsp3) is 0.714. The van der Waals surface area contributed by atoms with Crippen molar-refractivity contribution in [3.05, 3.63) is 21.4 Å². The molecule has 2 atom stereocenters. The summed E-state index contributed by atoms with van der Waals surface area (Å²) in [7, 11) is 0. The molecule has 0 spiro atoms. The lowest BCUT2D eigenvalue weighted by Gasteiger charge is -2.27. The summed E-state index contributed by atoms with van der Waals surface area (Å²) in [5, 5.41) is 0. The fourth-order valence-electron chi connectivity index (χ4n) is 3.11. The smallest absolute Gasteiger partial charge is 0.0399 e. The summed E-state index contributed by atoms with van der Waals surface area (Å²) in [6.45, 7) is 9.96. The fourth-order valence-corrected chi connectivity index (χ4v) is 4.07. The van der Waals surface area contributed by atoms with Crippen molar-refractivity contribution < 1.29 is 0 Å². The minimum absolute atomic E-state index is 0.574. The topological polar surface area (TPSA) is 29.3 Å². The molecule has 2 unspecified atom stereocenters. The molecule has 1 aromatic heterocycles. The molecule has 0 radical (unpaired) electrons. The highest BCUT2D eigenvalue weighted by molar-refractivity contribution is 7.12. The summed E-state index contributed by atoms with van der Waals surface area (Å²) in [6.07, 6.45) is 2.49. The molecule has 1 aliphatic rings. The molecule has 0 aliphatic carbocycles. The van der Waals surface area contributed by atoms with Gasteiger partial charge >= 0.3 is 0 Å². The summed E-state index contributed by atoms with van der Waals surface area (Å²) in [4.78, 5) is 5.54. The van der Waals surface area contributed by atoms with E-state index < -0.39 is 0 Å². The molecule has 2 rings (SSSR count). The molecular weight excluding hydrogens is 228 g/mol. The van der Waals surface area contributed by atoms with E-state index in [1.54, 1.807) is 0 Å². The molecule has 1 saturated heterocycles. The van der Waals surface area contributed by atoms with Crippen LogP contribution in [0.1, 0.15) is 41.1 Å². The van der Waals surface area contributed by atoms with E-state index in [4.69, 9.17) is 5.73 Å². The monoisotopic (exact) mass is 252 g/mol. The molecule has 2 N–H and O–H groups in total. The zero-order valence-corrected chi connectivity index (χ0v) is 12.0. The molecule has 96 valence electrons. The Bertz CT molecular complexity index is 372. The number of likely N-dealkylation sites (tertiary alicyclic amines) is 1. The lowest BCUT2D eigenvalue weighted by Crippen LogP contribution is -2.29. The van der Waals surface area contributed by atoms with Crippen LogP contribution in [0.2, 0.25) is 0 Å². The Morgan fingerprint density at radius 1 is 1.47 bits per heavy atom. The van der Waals surface area contributed by atoms with Crippen LogP contribution in [0, 0.1) is 19.8 Å². The molecule has 2 heterocycles. The van der Waals surface area contributed by atoms with Crippen LogP contribution in [0.4, 0.5) is 0 Å². The highest BCUT2D eigenvalue weighted by Crippen LogP contribution is 2.40. The molecule has 0 aromatic carbocycles.